The second-order valence-corrected chi connectivity index (χ2v) is 19.7. The summed E-state index contributed by atoms with van der Waals surface area (Å²) < 4.78 is 5.95. The molecule has 0 bridgehead atoms. The zero-order chi connectivity index (χ0) is 46.7. The molecule has 0 aromatic rings. The van der Waals surface area contributed by atoms with E-state index in [1.165, 1.54) is 199 Å². The zero-order valence-corrected chi connectivity index (χ0v) is 43.2. The summed E-state index contributed by atoms with van der Waals surface area (Å²) in [5, 5.41) is 23.9. The fourth-order valence-corrected chi connectivity index (χ4v) is 8.93. The van der Waals surface area contributed by atoms with Gasteiger partial charge in [-0.05, 0) is 57.8 Å². The second-order valence-electron chi connectivity index (χ2n) is 19.7. The number of hydrogen-bond donors (Lipinski definition) is 3. The molecular formula is C58H111NO5. The highest BCUT2D eigenvalue weighted by molar-refractivity contribution is 5.77. The van der Waals surface area contributed by atoms with Crippen molar-refractivity contribution in [1.82, 2.24) is 5.32 Å². The van der Waals surface area contributed by atoms with Crippen molar-refractivity contribution in [3.63, 3.8) is 0 Å². The first-order valence-electron chi connectivity index (χ1n) is 28.6. The van der Waals surface area contributed by atoms with Gasteiger partial charge in [0.1, 0.15) is 6.10 Å². The Morgan fingerprint density at radius 1 is 0.453 bits per heavy atom. The van der Waals surface area contributed by atoms with Crippen LogP contribution in [0.15, 0.2) is 24.3 Å². The van der Waals surface area contributed by atoms with E-state index in [4.69, 9.17) is 4.74 Å². The Kier molecular flexibility index (Phi) is 51.0. The number of allylic oxidation sites excluding steroid dienone is 4. The first-order valence-corrected chi connectivity index (χ1v) is 28.6. The standard InChI is InChI=1S/C58H111NO5/c1-4-7-10-13-16-19-22-25-27-29-30-32-34-37-40-43-46-49-54(64-58(63)51-48-45-42-39-36-24-21-18-15-12-9-6-3)52-57(62)59-55(53-60)56(61)50-47-44-41-38-35-33-31-28-26-23-20-17-14-11-8-5-2/h16,19,25,27,54-56,60-61H,4-15,17-18,20-24,26,28-53H2,1-3H3,(H,59,62)/b19-16-,27-25-. The van der Waals surface area contributed by atoms with Crippen molar-refractivity contribution in [2.45, 2.75) is 328 Å². The molecule has 0 fully saturated rings. The number of carbonyl (C=O) groups is 2. The fraction of sp³-hybridized carbons (Fsp3) is 0.897. The number of unbranched alkanes of at least 4 members (excludes halogenated alkanes) is 36. The smallest absolute Gasteiger partial charge is 0.306 e. The average molecular weight is 903 g/mol. The van der Waals surface area contributed by atoms with Crippen molar-refractivity contribution in [2.75, 3.05) is 6.61 Å². The highest BCUT2D eigenvalue weighted by Gasteiger charge is 2.24. The van der Waals surface area contributed by atoms with Crippen LogP contribution in [-0.2, 0) is 14.3 Å². The van der Waals surface area contributed by atoms with E-state index in [0.29, 0.717) is 19.3 Å². The van der Waals surface area contributed by atoms with Crippen LogP contribution in [0.1, 0.15) is 310 Å². The van der Waals surface area contributed by atoms with Crippen LogP contribution in [-0.4, -0.2) is 46.9 Å². The van der Waals surface area contributed by atoms with Gasteiger partial charge in [-0.1, -0.05) is 263 Å². The van der Waals surface area contributed by atoms with Crippen LogP contribution < -0.4 is 5.32 Å². The van der Waals surface area contributed by atoms with Crippen LogP contribution in [0.5, 0.6) is 0 Å². The monoisotopic (exact) mass is 902 g/mol. The van der Waals surface area contributed by atoms with Crippen LogP contribution in [0.25, 0.3) is 0 Å². The van der Waals surface area contributed by atoms with Gasteiger partial charge in [-0.15, -0.1) is 0 Å². The molecule has 378 valence electrons. The molecule has 3 unspecified atom stereocenters. The minimum absolute atomic E-state index is 0.0780. The summed E-state index contributed by atoms with van der Waals surface area (Å²) in [7, 11) is 0. The number of aliphatic hydroxyl groups excluding tert-OH is 2. The van der Waals surface area contributed by atoms with Crippen molar-refractivity contribution in [1.29, 1.82) is 0 Å². The largest absolute Gasteiger partial charge is 0.462 e. The number of carbonyl (C=O) groups excluding carboxylic acids is 2. The van der Waals surface area contributed by atoms with Crippen molar-refractivity contribution in [3.05, 3.63) is 24.3 Å². The van der Waals surface area contributed by atoms with E-state index in [1.807, 2.05) is 0 Å². The van der Waals surface area contributed by atoms with Gasteiger partial charge in [-0.3, -0.25) is 9.59 Å². The predicted octanol–water partition coefficient (Wildman–Crippen LogP) is 17.5. The molecule has 64 heavy (non-hydrogen) atoms. The summed E-state index contributed by atoms with van der Waals surface area (Å²) in [6.07, 6.45) is 60.9. The van der Waals surface area contributed by atoms with Crippen LogP contribution in [0.2, 0.25) is 0 Å². The highest BCUT2D eigenvalue weighted by Crippen LogP contribution is 2.19. The lowest BCUT2D eigenvalue weighted by Gasteiger charge is -2.24. The van der Waals surface area contributed by atoms with Crippen molar-refractivity contribution < 1.29 is 24.5 Å². The summed E-state index contributed by atoms with van der Waals surface area (Å²) in [6, 6.07) is -0.700. The molecule has 0 aliphatic heterocycles. The third kappa shape index (κ3) is 46.9. The fourth-order valence-electron chi connectivity index (χ4n) is 8.93. The molecule has 3 atom stereocenters. The topological polar surface area (TPSA) is 95.9 Å². The van der Waals surface area contributed by atoms with Gasteiger partial charge in [0, 0.05) is 6.42 Å². The SMILES string of the molecule is CCCCC/C=C\C/C=C\CCCCCCCCCC(CC(=O)NC(CO)C(O)CCCCCCCCCCCCCCCCCC)OC(=O)CCCCCCCCCCCCCC. The van der Waals surface area contributed by atoms with Crippen molar-refractivity contribution >= 4 is 11.9 Å². The van der Waals surface area contributed by atoms with E-state index in [2.05, 4.69) is 50.4 Å². The summed E-state index contributed by atoms with van der Waals surface area (Å²) in [5.74, 6) is -0.463. The summed E-state index contributed by atoms with van der Waals surface area (Å²) in [6.45, 7) is 6.49. The Morgan fingerprint density at radius 3 is 1.22 bits per heavy atom. The van der Waals surface area contributed by atoms with Crippen molar-refractivity contribution in [3.8, 4) is 0 Å². The first kappa shape index (κ1) is 62.3. The molecule has 0 saturated carbocycles. The number of esters is 1. The Hall–Kier alpha value is -1.66. The van der Waals surface area contributed by atoms with E-state index in [9.17, 15) is 19.8 Å². The number of hydrogen-bond acceptors (Lipinski definition) is 5. The Balaban J connectivity index is 4.52. The number of nitrogens with one attached hydrogen (secondary N) is 1. The van der Waals surface area contributed by atoms with E-state index in [-0.39, 0.29) is 24.9 Å². The minimum Gasteiger partial charge on any atom is -0.462 e. The van der Waals surface area contributed by atoms with Gasteiger partial charge < -0.3 is 20.3 Å². The van der Waals surface area contributed by atoms with Gasteiger partial charge >= 0.3 is 5.97 Å². The second kappa shape index (κ2) is 52.3. The van der Waals surface area contributed by atoms with E-state index < -0.39 is 18.2 Å². The summed E-state index contributed by atoms with van der Waals surface area (Å²) >= 11 is 0. The predicted molar refractivity (Wildman–Crippen MR) is 278 cm³/mol. The summed E-state index contributed by atoms with van der Waals surface area (Å²) in [5.41, 5.74) is 0. The first-order chi connectivity index (χ1) is 31.5. The van der Waals surface area contributed by atoms with Gasteiger partial charge in [-0.25, -0.2) is 0 Å². The molecule has 0 aromatic carbocycles. The van der Waals surface area contributed by atoms with E-state index >= 15 is 0 Å². The van der Waals surface area contributed by atoms with Crippen LogP contribution >= 0.6 is 0 Å². The average Bonchev–Trinajstić information content (AvgIpc) is 3.29. The maximum atomic E-state index is 13.3. The zero-order valence-electron chi connectivity index (χ0n) is 43.2. The number of aliphatic hydroxyl groups is 2. The van der Waals surface area contributed by atoms with Crippen LogP contribution in [0.4, 0.5) is 0 Å². The molecule has 6 heteroatoms. The Morgan fingerprint density at radius 2 is 0.797 bits per heavy atom. The number of amides is 1. The molecule has 0 spiro atoms. The molecule has 0 radical (unpaired) electrons. The van der Waals surface area contributed by atoms with Crippen molar-refractivity contribution in [2.24, 2.45) is 0 Å². The lowest BCUT2D eigenvalue weighted by atomic mass is 10.0. The van der Waals surface area contributed by atoms with Crippen LogP contribution in [0, 0.1) is 0 Å². The Bertz CT molecular complexity index is 1010. The molecular weight excluding hydrogens is 791 g/mol. The van der Waals surface area contributed by atoms with Gasteiger partial charge in [-0.2, -0.15) is 0 Å². The van der Waals surface area contributed by atoms with Gasteiger partial charge in [0.2, 0.25) is 5.91 Å². The molecule has 1 amide bonds. The molecule has 0 rings (SSSR count). The molecule has 0 aliphatic rings. The molecule has 3 N–H and O–H groups in total. The maximum absolute atomic E-state index is 13.3. The Labute approximate surface area is 399 Å². The van der Waals surface area contributed by atoms with Crippen LogP contribution in [0.3, 0.4) is 0 Å². The minimum atomic E-state index is -0.786. The van der Waals surface area contributed by atoms with Gasteiger partial charge in [0.05, 0.1) is 25.2 Å². The molecule has 0 aromatic heterocycles. The van der Waals surface area contributed by atoms with Gasteiger partial charge in [0.25, 0.3) is 0 Å². The molecule has 0 aliphatic carbocycles. The lowest BCUT2D eigenvalue weighted by Crippen LogP contribution is -2.46. The molecule has 0 saturated heterocycles. The number of rotatable bonds is 52. The molecule has 0 heterocycles. The summed E-state index contributed by atoms with van der Waals surface area (Å²) in [4.78, 5) is 26.2. The quantitative estimate of drug-likeness (QED) is 0.0321. The maximum Gasteiger partial charge on any atom is 0.306 e. The lowest BCUT2D eigenvalue weighted by molar-refractivity contribution is -0.151. The third-order valence-electron chi connectivity index (χ3n) is 13.3. The van der Waals surface area contributed by atoms with Gasteiger partial charge in [0.15, 0.2) is 0 Å². The van der Waals surface area contributed by atoms with E-state index in [0.717, 1.165) is 64.2 Å². The highest BCUT2D eigenvalue weighted by atomic mass is 16.5. The normalized spacial score (nSPS) is 13.3. The third-order valence-corrected chi connectivity index (χ3v) is 13.3. The number of ether oxygens (including phenoxy) is 1. The van der Waals surface area contributed by atoms with E-state index in [1.54, 1.807) is 0 Å². The molecule has 6 nitrogen and oxygen atoms in total.